The van der Waals surface area contributed by atoms with E-state index in [0.717, 1.165) is 34.1 Å². The minimum atomic E-state index is -0.364. The molecule has 0 saturated heterocycles. The first-order valence-corrected chi connectivity index (χ1v) is 10.0. The third-order valence-electron chi connectivity index (χ3n) is 4.61. The van der Waals surface area contributed by atoms with Gasteiger partial charge in [-0.25, -0.2) is 14.8 Å². The Hall–Kier alpha value is -3.03. The molecule has 0 atom stereocenters. The average molecular weight is 407 g/mol. The molecule has 0 fully saturated rings. The molecule has 0 saturated carbocycles. The summed E-state index contributed by atoms with van der Waals surface area (Å²) in [5.41, 5.74) is 3.24. The van der Waals surface area contributed by atoms with Crippen molar-refractivity contribution in [2.45, 2.75) is 20.0 Å². The highest BCUT2D eigenvalue weighted by Crippen LogP contribution is 2.25. The van der Waals surface area contributed by atoms with Gasteiger partial charge in [-0.2, -0.15) is 0 Å². The van der Waals surface area contributed by atoms with E-state index in [2.05, 4.69) is 16.0 Å². The van der Waals surface area contributed by atoms with Gasteiger partial charge in [0.2, 0.25) is 5.89 Å². The number of carbonyl (C=O) groups excluding carboxylic acids is 1. The minimum absolute atomic E-state index is 0.364. The van der Waals surface area contributed by atoms with Crippen molar-refractivity contribution < 1.29 is 13.9 Å². The lowest BCUT2D eigenvalue weighted by molar-refractivity contribution is 0.0600. The average Bonchev–Trinajstić information content (AvgIpc) is 3.30. The van der Waals surface area contributed by atoms with E-state index < -0.39 is 0 Å². The van der Waals surface area contributed by atoms with Crippen LogP contribution in [0.5, 0.6) is 0 Å². The molecule has 0 aliphatic carbocycles. The molecule has 0 spiro atoms. The van der Waals surface area contributed by atoms with E-state index in [1.165, 1.54) is 11.8 Å². The van der Waals surface area contributed by atoms with E-state index in [1.54, 1.807) is 23.5 Å². The summed E-state index contributed by atoms with van der Waals surface area (Å²) in [6, 6.07) is 15.2. The van der Waals surface area contributed by atoms with Crippen molar-refractivity contribution >= 4 is 27.5 Å². The molecule has 6 nitrogen and oxygen atoms in total. The van der Waals surface area contributed by atoms with Crippen LogP contribution in [0.25, 0.3) is 21.7 Å². The maximum absolute atomic E-state index is 11.6. The minimum Gasteiger partial charge on any atom is -0.465 e. The highest BCUT2D eigenvalue weighted by molar-refractivity contribution is 7.18. The second-order valence-corrected chi connectivity index (χ2v) is 7.95. The summed E-state index contributed by atoms with van der Waals surface area (Å²) in [4.78, 5) is 23.1. The van der Waals surface area contributed by atoms with Gasteiger partial charge in [0.1, 0.15) is 10.8 Å². The predicted molar refractivity (Wildman–Crippen MR) is 113 cm³/mol. The van der Waals surface area contributed by atoms with E-state index in [0.29, 0.717) is 18.0 Å². The Bertz CT molecular complexity index is 1110. The number of methoxy groups -OCH3 is 1. The zero-order valence-corrected chi connectivity index (χ0v) is 17.3. The topological polar surface area (TPSA) is 68.5 Å². The smallest absolute Gasteiger partial charge is 0.337 e. The molecular formula is C22H21N3O3S. The van der Waals surface area contributed by atoms with Crippen LogP contribution in [0.2, 0.25) is 0 Å². The van der Waals surface area contributed by atoms with Gasteiger partial charge in [-0.15, -0.1) is 11.3 Å². The molecule has 148 valence electrons. The summed E-state index contributed by atoms with van der Waals surface area (Å²) in [7, 11) is 3.41. The number of esters is 1. The molecule has 0 radical (unpaired) electrons. The van der Waals surface area contributed by atoms with Crippen molar-refractivity contribution in [2.75, 3.05) is 14.2 Å². The Morgan fingerprint density at radius 2 is 1.86 bits per heavy atom. The van der Waals surface area contributed by atoms with Crippen molar-refractivity contribution in [3.8, 4) is 11.5 Å². The third kappa shape index (κ3) is 4.21. The summed E-state index contributed by atoms with van der Waals surface area (Å²) in [5, 5.41) is 1.08. The van der Waals surface area contributed by atoms with E-state index >= 15 is 0 Å². The van der Waals surface area contributed by atoms with Gasteiger partial charge < -0.3 is 9.15 Å². The molecule has 2 aromatic heterocycles. The largest absolute Gasteiger partial charge is 0.465 e. The molecule has 7 heteroatoms. The number of aromatic nitrogens is 2. The Labute approximate surface area is 172 Å². The predicted octanol–water partition coefficient (Wildman–Crippen LogP) is 4.68. The normalized spacial score (nSPS) is 11.3. The summed E-state index contributed by atoms with van der Waals surface area (Å²) in [5.74, 6) is 0.966. The number of rotatable bonds is 6. The molecule has 0 unspecified atom stereocenters. The molecule has 2 heterocycles. The Kier molecular flexibility index (Phi) is 5.42. The number of carbonyl (C=O) groups is 1. The number of ether oxygens (including phenoxy) is 1. The Balaban J connectivity index is 1.46. The van der Waals surface area contributed by atoms with Crippen molar-refractivity contribution in [1.29, 1.82) is 0 Å². The number of fused-ring (bicyclic) bond motifs is 1. The second kappa shape index (κ2) is 8.14. The standard InChI is InChI=1S/C22H21N3O3S/c1-14-18(12-25(2)13-20-23-17-6-4-5-7-19(17)29-20)24-21(28-14)15-8-10-16(11-9-15)22(26)27-3/h4-11H,12-13H2,1-3H3. The van der Waals surface area contributed by atoms with Gasteiger partial charge in [0.25, 0.3) is 0 Å². The van der Waals surface area contributed by atoms with Crippen molar-refractivity contribution in [3.63, 3.8) is 0 Å². The van der Waals surface area contributed by atoms with Crippen LogP contribution in [0.3, 0.4) is 0 Å². The lowest BCUT2D eigenvalue weighted by atomic mass is 10.1. The lowest BCUT2D eigenvalue weighted by Gasteiger charge is -2.13. The number of oxazole rings is 1. The van der Waals surface area contributed by atoms with Gasteiger partial charge in [0, 0.05) is 12.1 Å². The van der Waals surface area contributed by atoms with Crippen LogP contribution >= 0.6 is 11.3 Å². The molecule has 29 heavy (non-hydrogen) atoms. The second-order valence-electron chi connectivity index (χ2n) is 6.84. The van der Waals surface area contributed by atoms with Crippen LogP contribution < -0.4 is 0 Å². The third-order valence-corrected chi connectivity index (χ3v) is 5.63. The first-order valence-electron chi connectivity index (χ1n) is 9.21. The number of nitrogens with zero attached hydrogens (tertiary/aromatic N) is 3. The molecule has 0 amide bonds. The van der Waals surface area contributed by atoms with Crippen LogP contribution in [0.1, 0.15) is 26.8 Å². The Morgan fingerprint density at radius 3 is 2.59 bits per heavy atom. The van der Waals surface area contributed by atoms with Crippen LogP contribution in [-0.4, -0.2) is 35.0 Å². The maximum Gasteiger partial charge on any atom is 0.337 e. The molecule has 0 aliphatic rings. The highest BCUT2D eigenvalue weighted by Gasteiger charge is 2.15. The molecular weight excluding hydrogens is 386 g/mol. The van der Waals surface area contributed by atoms with Crippen LogP contribution in [0.15, 0.2) is 52.9 Å². The van der Waals surface area contributed by atoms with Gasteiger partial charge in [-0.3, -0.25) is 4.90 Å². The van der Waals surface area contributed by atoms with Gasteiger partial charge in [-0.1, -0.05) is 12.1 Å². The summed E-state index contributed by atoms with van der Waals surface area (Å²) in [6.07, 6.45) is 0. The van der Waals surface area contributed by atoms with Crippen molar-refractivity contribution in [3.05, 3.63) is 70.6 Å². The Morgan fingerprint density at radius 1 is 1.10 bits per heavy atom. The highest BCUT2D eigenvalue weighted by atomic mass is 32.1. The fraction of sp³-hybridized carbons (Fsp3) is 0.227. The zero-order chi connectivity index (χ0) is 20.4. The summed E-state index contributed by atoms with van der Waals surface area (Å²) in [6.45, 7) is 3.32. The monoisotopic (exact) mass is 407 g/mol. The summed E-state index contributed by atoms with van der Waals surface area (Å²) >= 11 is 1.71. The number of hydrogen-bond acceptors (Lipinski definition) is 7. The number of aryl methyl sites for hydroxylation is 1. The maximum atomic E-state index is 11.6. The van der Waals surface area contributed by atoms with Gasteiger partial charge in [0.15, 0.2) is 0 Å². The van der Waals surface area contributed by atoms with E-state index in [9.17, 15) is 4.79 Å². The quantitative estimate of drug-likeness (QED) is 0.432. The van der Waals surface area contributed by atoms with Crippen LogP contribution in [0, 0.1) is 6.92 Å². The summed E-state index contributed by atoms with van der Waals surface area (Å²) < 4.78 is 11.8. The SMILES string of the molecule is COC(=O)c1ccc(-c2nc(CN(C)Cc3nc4ccccc4s3)c(C)o2)cc1. The number of hydrogen-bond donors (Lipinski definition) is 0. The van der Waals surface area contributed by atoms with Crippen LogP contribution in [0.4, 0.5) is 0 Å². The van der Waals surface area contributed by atoms with E-state index in [1.807, 2.05) is 44.3 Å². The van der Waals surface area contributed by atoms with E-state index in [4.69, 9.17) is 14.1 Å². The molecule has 4 rings (SSSR count). The van der Waals surface area contributed by atoms with Crippen LogP contribution in [-0.2, 0) is 17.8 Å². The number of thiazole rings is 1. The molecule has 0 bridgehead atoms. The van der Waals surface area contributed by atoms with Gasteiger partial charge in [-0.05, 0) is 50.4 Å². The fourth-order valence-electron chi connectivity index (χ4n) is 3.09. The van der Waals surface area contributed by atoms with Crippen molar-refractivity contribution in [2.24, 2.45) is 0 Å². The van der Waals surface area contributed by atoms with Gasteiger partial charge in [0.05, 0.1) is 35.1 Å². The first-order chi connectivity index (χ1) is 14.0. The molecule has 2 aromatic carbocycles. The molecule has 4 aromatic rings. The first kappa shape index (κ1) is 19.3. The van der Waals surface area contributed by atoms with E-state index in [-0.39, 0.29) is 5.97 Å². The molecule has 0 N–H and O–H groups in total. The molecule has 0 aliphatic heterocycles. The number of para-hydroxylation sites is 1. The lowest BCUT2D eigenvalue weighted by Crippen LogP contribution is -2.17. The van der Waals surface area contributed by atoms with Crippen molar-refractivity contribution in [1.82, 2.24) is 14.9 Å². The zero-order valence-electron chi connectivity index (χ0n) is 16.5. The number of benzene rings is 2. The fourth-order valence-corrected chi connectivity index (χ4v) is 4.14. The van der Waals surface area contributed by atoms with Gasteiger partial charge >= 0.3 is 5.97 Å².